The normalized spacial score (nSPS) is 9.50. The first-order valence-electron chi connectivity index (χ1n) is 3.99. The van der Waals surface area contributed by atoms with Crippen LogP contribution in [0, 0.1) is 0 Å². The van der Waals surface area contributed by atoms with E-state index in [1.165, 1.54) is 0 Å². The van der Waals surface area contributed by atoms with Crippen molar-refractivity contribution in [3.63, 3.8) is 0 Å². The first-order chi connectivity index (χ1) is 7.47. The van der Waals surface area contributed by atoms with E-state index in [4.69, 9.17) is 10.2 Å². The highest BCUT2D eigenvalue weighted by molar-refractivity contribution is 6.10. The van der Waals surface area contributed by atoms with Crippen LogP contribution in [0.4, 0.5) is 0 Å². The third-order valence-corrected chi connectivity index (χ3v) is 1.82. The van der Waals surface area contributed by atoms with E-state index in [9.17, 15) is 14.4 Å². The number of carboxylic acids is 2. The fourth-order valence-corrected chi connectivity index (χ4v) is 1.10. The lowest BCUT2D eigenvalue weighted by molar-refractivity contribution is 0.0650. The van der Waals surface area contributed by atoms with Crippen LogP contribution in [-0.2, 0) is 4.65 Å². The average molecular weight is 220 g/mol. The van der Waals surface area contributed by atoms with Crippen LogP contribution < -0.4 is 0 Å². The van der Waals surface area contributed by atoms with Gasteiger partial charge in [0, 0.05) is 0 Å². The van der Waals surface area contributed by atoms with E-state index in [1.807, 2.05) is 0 Å². The summed E-state index contributed by atoms with van der Waals surface area (Å²) in [4.78, 5) is 32.4. The van der Waals surface area contributed by atoms with Crippen molar-refractivity contribution >= 4 is 26.0 Å². The van der Waals surface area contributed by atoms with Gasteiger partial charge in [-0.25, -0.2) is 14.4 Å². The highest BCUT2D eigenvalue weighted by Crippen LogP contribution is 2.13. The molecule has 6 nitrogen and oxygen atoms in total. The molecule has 0 saturated heterocycles. The third-order valence-electron chi connectivity index (χ3n) is 1.82. The van der Waals surface area contributed by atoms with Crippen LogP contribution in [0.1, 0.15) is 31.1 Å². The van der Waals surface area contributed by atoms with Crippen molar-refractivity contribution in [3.8, 4) is 0 Å². The van der Waals surface area contributed by atoms with Gasteiger partial charge in [-0.15, -0.1) is 0 Å². The lowest BCUT2D eigenvalue weighted by Gasteiger charge is -2.04. The van der Waals surface area contributed by atoms with Crippen molar-refractivity contribution in [1.29, 1.82) is 0 Å². The number of carbonyl (C=O) groups excluding carboxylic acids is 1. The highest BCUT2D eigenvalue weighted by Gasteiger charge is 2.18. The van der Waals surface area contributed by atoms with E-state index >= 15 is 0 Å². The van der Waals surface area contributed by atoms with Crippen molar-refractivity contribution in [3.05, 3.63) is 34.9 Å². The summed E-state index contributed by atoms with van der Waals surface area (Å²) in [5.41, 5.74) is -1.05. The fourth-order valence-electron chi connectivity index (χ4n) is 1.10. The lowest BCUT2D eigenvalue weighted by Crippen LogP contribution is -2.11. The first-order valence-corrected chi connectivity index (χ1v) is 3.99. The molecule has 0 aliphatic rings. The van der Waals surface area contributed by atoms with E-state index in [0.717, 1.165) is 18.2 Å². The Hall–Kier alpha value is -2.31. The minimum atomic E-state index is -1.45. The van der Waals surface area contributed by atoms with E-state index in [2.05, 4.69) is 12.7 Å². The number of hydrogen-bond donors (Lipinski definition) is 2. The Balaban J connectivity index is 3.34. The molecule has 0 aromatic heterocycles. The first kappa shape index (κ1) is 11.8. The Morgan fingerprint density at radius 3 is 2.06 bits per heavy atom. The summed E-state index contributed by atoms with van der Waals surface area (Å²) in [6, 6.07) is 3.00. The number of hydrogen-bond acceptors (Lipinski definition) is 4. The summed E-state index contributed by atoms with van der Waals surface area (Å²) in [7, 11) is 4.61. The summed E-state index contributed by atoms with van der Waals surface area (Å²) >= 11 is 0. The molecular formula is C9H5BO6. The summed E-state index contributed by atoms with van der Waals surface area (Å²) < 4.78 is 3.89. The second-order valence-corrected chi connectivity index (χ2v) is 2.78. The largest absolute Gasteiger partial charge is 0.540 e. The van der Waals surface area contributed by atoms with Crippen LogP contribution in [0.15, 0.2) is 18.2 Å². The number of benzene rings is 1. The molecule has 7 heteroatoms. The molecule has 16 heavy (non-hydrogen) atoms. The van der Waals surface area contributed by atoms with Crippen molar-refractivity contribution in [2.45, 2.75) is 0 Å². The summed E-state index contributed by atoms with van der Waals surface area (Å²) in [5, 5.41) is 17.4. The van der Waals surface area contributed by atoms with Crippen molar-refractivity contribution in [2.24, 2.45) is 0 Å². The molecule has 80 valence electrons. The number of aromatic carboxylic acids is 2. The van der Waals surface area contributed by atoms with Gasteiger partial charge in [-0.1, -0.05) is 0 Å². The molecule has 0 bridgehead atoms. The molecule has 2 radical (unpaired) electrons. The predicted molar refractivity (Wildman–Crippen MR) is 51.5 cm³/mol. The van der Waals surface area contributed by atoms with E-state index in [1.54, 1.807) is 0 Å². The monoisotopic (exact) mass is 220 g/mol. The van der Waals surface area contributed by atoms with Crippen LogP contribution in [-0.4, -0.2) is 36.2 Å². The summed E-state index contributed by atoms with van der Waals surface area (Å²) in [5.74, 6) is -3.80. The Bertz CT molecular complexity index is 467. The number of rotatable bonds is 3. The molecule has 1 rings (SSSR count). The van der Waals surface area contributed by atoms with Gasteiger partial charge in [0.15, 0.2) is 0 Å². The standard InChI is InChI=1S/C9H5BO6/c10-16-9(15)4-1-2-5(7(11)12)6(3-4)8(13)14/h1-3H,(H,11,12)(H,13,14). The Kier molecular flexibility index (Phi) is 3.29. The summed E-state index contributed by atoms with van der Waals surface area (Å²) in [6.07, 6.45) is 0. The van der Waals surface area contributed by atoms with Crippen LogP contribution in [0.25, 0.3) is 0 Å². The van der Waals surface area contributed by atoms with Crippen LogP contribution in [0.2, 0.25) is 0 Å². The van der Waals surface area contributed by atoms with E-state index in [-0.39, 0.29) is 5.56 Å². The van der Waals surface area contributed by atoms with Crippen molar-refractivity contribution in [1.82, 2.24) is 0 Å². The van der Waals surface area contributed by atoms with Crippen LogP contribution >= 0.6 is 0 Å². The van der Waals surface area contributed by atoms with Crippen molar-refractivity contribution in [2.75, 3.05) is 0 Å². The van der Waals surface area contributed by atoms with Gasteiger partial charge in [-0.2, -0.15) is 0 Å². The highest BCUT2D eigenvalue weighted by atomic mass is 16.5. The molecule has 0 amide bonds. The van der Waals surface area contributed by atoms with Gasteiger partial charge in [-0.05, 0) is 18.2 Å². The third kappa shape index (κ3) is 2.19. The van der Waals surface area contributed by atoms with Gasteiger partial charge >= 0.3 is 26.0 Å². The zero-order valence-corrected chi connectivity index (χ0v) is 7.84. The van der Waals surface area contributed by atoms with Gasteiger partial charge in [-0.3, -0.25) is 0 Å². The molecule has 1 aromatic carbocycles. The average Bonchev–Trinajstić information content (AvgIpc) is 2.26. The maximum Gasteiger partial charge on any atom is 0.378 e. The molecule has 0 saturated carbocycles. The molecule has 0 aliphatic heterocycles. The Morgan fingerprint density at radius 1 is 1.06 bits per heavy atom. The molecule has 0 atom stereocenters. The molecule has 0 aliphatic carbocycles. The van der Waals surface area contributed by atoms with Gasteiger partial charge in [0.2, 0.25) is 0 Å². The molecule has 2 N–H and O–H groups in total. The second-order valence-electron chi connectivity index (χ2n) is 2.78. The van der Waals surface area contributed by atoms with Gasteiger partial charge < -0.3 is 14.9 Å². The molecule has 0 unspecified atom stereocenters. The quantitative estimate of drug-likeness (QED) is 0.711. The molecule has 1 aromatic rings. The maximum absolute atomic E-state index is 11.0. The number of carbonyl (C=O) groups is 3. The topological polar surface area (TPSA) is 101 Å². The number of carboxylic acid groups (broad SMARTS) is 2. The Morgan fingerprint density at radius 2 is 1.62 bits per heavy atom. The maximum atomic E-state index is 11.0. The minimum absolute atomic E-state index is 0.134. The second kappa shape index (κ2) is 4.48. The lowest BCUT2D eigenvalue weighted by atomic mass is 10.0. The zero-order chi connectivity index (χ0) is 12.3. The molecule has 0 spiro atoms. The van der Waals surface area contributed by atoms with Gasteiger partial charge in [0.25, 0.3) is 0 Å². The van der Waals surface area contributed by atoms with E-state index in [0.29, 0.717) is 0 Å². The fraction of sp³-hybridized carbons (Fsp3) is 0. The van der Waals surface area contributed by atoms with Crippen LogP contribution in [0.5, 0.6) is 0 Å². The predicted octanol–water partition coefficient (Wildman–Crippen LogP) is 0.323. The minimum Gasteiger partial charge on any atom is -0.540 e. The molecular weight excluding hydrogens is 215 g/mol. The Labute approximate surface area is 90.9 Å². The zero-order valence-electron chi connectivity index (χ0n) is 7.84. The van der Waals surface area contributed by atoms with E-state index < -0.39 is 29.0 Å². The SMILES string of the molecule is [B]OC(=O)c1ccc(C(=O)O)c(C(=O)O)c1. The van der Waals surface area contributed by atoms with Gasteiger partial charge in [0.1, 0.15) is 0 Å². The van der Waals surface area contributed by atoms with Crippen molar-refractivity contribution < 1.29 is 29.3 Å². The van der Waals surface area contributed by atoms with Gasteiger partial charge in [0.05, 0.1) is 16.7 Å². The smallest absolute Gasteiger partial charge is 0.378 e. The molecule has 0 heterocycles. The summed E-state index contributed by atoms with van der Waals surface area (Å²) in [6.45, 7) is 0. The van der Waals surface area contributed by atoms with Crippen LogP contribution in [0.3, 0.4) is 0 Å². The molecule has 0 fully saturated rings.